The van der Waals surface area contributed by atoms with Crippen LogP contribution >= 0.6 is 0 Å². The zero-order valence-corrected chi connectivity index (χ0v) is 6.72. The quantitative estimate of drug-likeness (QED) is 0.586. The van der Waals surface area contributed by atoms with E-state index in [1.165, 1.54) is 0 Å². The van der Waals surface area contributed by atoms with Crippen LogP contribution in [0.4, 0.5) is 0 Å². The molecule has 1 nitrogen and oxygen atoms in total. The van der Waals surface area contributed by atoms with Gasteiger partial charge in [0.25, 0.3) is 0 Å². The monoisotopic (exact) mass is 148 g/mol. The predicted octanol–water partition coefficient (Wildman–Crippen LogP) is 1.34. The van der Waals surface area contributed by atoms with Crippen molar-refractivity contribution in [2.24, 2.45) is 0 Å². The van der Waals surface area contributed by atoms with Crippen LogP contribution in [0.2, 0.25) is 0 Å². The highest BCUT2D eigenvalue weighted by Gasteiger charge is 1.67. The first-order valence-corrected chi connectivity index (χ1v) is 3.66. The molecule has 0 aromatic heterocycles. The van der Waals surface area contributed by atoms with E-state index in [-0.39, 0.29) is 6.61 Å². The van der Waals surface area contributed by atoms with Crippen molar-refractivity contribution in [2.75, 3.05) is 6.61 Å². The second-order valence-corrected chi connectivity index (χ2v) is 1.92. The summed E-state index contributed by atoms with van der Waals surface area (Å²) in [6, 6.07) is 0. The average Bonchev–Trinajstić information content (AvgIpc) is 2.03. The summed E-state index contributed by atoms with van der Waals surface area (Å²) in [5.74, 6) is 10.3. The van der Waals surface area contributed by atoms with Crippen molar-refractivity contribution in [1.82, 2.24) is 0 Å². The van der Waals surface area contributed by atoms with Crippen LogP contribution in [0.25, 0.3) is 0 Å². The molecule has 0 rings (SSSR count). The minimum atomic E-state index is -0.118. The first kappa shape index (κ1) is 9.82. The molecule has 0 spiro atoms. The molecular weight excluding hydrogens is 136 g/mol. The van der Waals surface area contributed by atoms with E-state index in [1.54, 1.807) is 6.08 Å². The van der Waals surface area contributed by atoms with Crippen LogP contribution in [0.15, 0.2) is 12.2 Å². The van der Waals surface area contributed by atoms with E-state index in [2.05, 4.69) is 30.6 Å². The van der Waals surface area contributed by atoms with Gasteiger partial charge in [-0.3, -0.25) is 0 Å². The van der Waals surface area contributed by atoms with Crippen molar-refractivity contribution in [1.29, 1.82) is 0 Å². The summed E-state index contributed by atoms with van der Waals surface area (Å²) in [6.07, 6.45) is 5.99. The van der Waals surface area contributed by atoms with Gasteiger partial charge in [0, 0.05) is 0 Å². The van der Waals surface area contributed by atoms with Gasteiger partial charge in [0.1, 0.15) is 6.61 Å². The molecule has 1 heteroatoms. The van der Waals surface area contributed by atoms with Gasteiger partial charge in [-0.25, -0.2) is 0 Å². The maximum Gasteiger partial charge on any atom is 0.105 e. The Morgan fingerprint density at radius 3 is 2.82 bits per heavy atom. The maximum atomic E-state index is 8.25. The largest absolute Gasteiger partial charge is 0.384 e. The molecule has 0 fully saturated rings. The van der Waals surface area contributed by atoms with Crippen LogP contribution in [0, 0.1) is 23.7 Å². The van der Waals surface area contributed by atoms with Gasteiger partial charge in [0.15, 0.2) is 0 Å². The Hall–Kier alpha value is -1.18. The highest BCUT2D eigenvalue weighted by atomic mass is 16.2. The van der Waals surface area contributed by atoms with Crippen LogP contribution in [-0.2, 0) is 0 Å². The van der Waals surface area contributed by atoms with Gasteiger partial charge in [-0.05, 0) is 24.3 Å². The van der Waals surface area contributed by atoms with E-state index in [0.717, 1.165) is 12.8 Å². The summed E-state index contributed by atoms with van der Waals surface area (Å²) in [5, 5.41) is 8.25. The second-order valence-electron chi connectivity index (χ2n) is 1.92. The highest BCUT2D eigenvalue weighted by molar-refractivity contribution is 5.30. The molecule has 58 valence electrons. The predicted molar refractivity (Wildman–Crippen MR) is 46.7 cm³/mol. The summed E-state index contributed by atoms with van der Waals surface area (Å²) in [5.41, 5.74) is 0. The minimum Gasteiger partial charge on any atom is -0.384 e. The summed E-state index contributed by atoms with van der Waals surface area (Å²) in [7, 11) is 0. The van der Waals surface area contributed by atoms with E-state index < -0.39 is 0 Å². The van der Waals surface area contributed by atoms with Crippen LogP contribution in [-0.4, -0.2) is 11.7 Å². The molecular formula is C10H12O. The van der Waals surface area contributed by atoms with Gasteiger partial charge >= 0.3 is 0 Å². The Kier molecular flexibility index (Phi) is 7.87. The van der Waals surface area contributed by atoms with Crippen LogP contribution in [0.1, 0.15) is 19.8 Å². The van der Waals surface area contributed by atoms with E-state index in [9.17, 15) is 0 Å². The normalized spacial score (nSPS) is 8.18. The van der Waals surface area contributed by atoms with Crippen molar-refractivity contribution >= 4 is 0 Å². The van der Waals surface area contributed by atoms with E-state index in [4.69, 9.17) is 5.11 Å². The zero-order valence-electron chi connectivity index (χ0n) is 6.72. The molecule has 0 aliphatic carbocycles. The van der Waals surface area contributed by atoms with E-state index in [0.29, 0.717) is 0 Å². The Morgan fingerprint density at radius 1 is 1.36 bits per heavy atom. The molecule has 0 saturated heterocycles. The fraction of sp³-hybridized carbons (Fsp3) is 0.400. The third-order valence-electron chi connectivity index (χ3n) is 0.959. The van der Waals surface area contributed by atoms with Crippen molar-refractivity contribution < 1.29 is 5.11 Å². The van der Waals surface area contributed by atoms with Gasteiger partial charge in [-0.1, -0.05) is 31.3 Å². The molecule has 0 aromatic rings. The second kappa shape index (κ2) is 8.82. The Morgan fingerprint density at radius 2 is 2.18 bits per heavy atom. The van der Waals surface area contributed by atoms with Crippen molar-refractivity contribution in [2.45, 2.75) is 19.8 Å². The number of aliphatic hydroxyl groups is 1. The summed E-state index contributed by atoms with van der Waals surface area (Å²) >= 11 is 0. The van der Waals surface area contributed by atoms with E-state index >= 15 is 0 Å². The number of hydrogen-bond acceptors (Lipinski definition) is 1. The first-order valence-electron chi connectivity index (χ1n) is 3.66. The van der Waals surface area contributed by atoms with Gasteiger partial charge in [-0.15, -0.1) is 0 Å². The van der Waals surface area contributed by atoms with Crippen molar-refractivity contribution in [3.63, 3.8) is 0 Å². The lowest BCUT2D eigenvalue weighted by Crippen LogP contribution is -1.68. The number of hydrogen-bond donors (Lipinski definition) is 1. The third kappa shape index (κ3) is 8.82. The number of allylic oxidation sites excluding steroid dienone is 2. The molecule has 0 unspecified atom stereocenters. The lowest BCUT2D eigenvalue weighted by atomic mass is 10.3. The van der Waals surface area contributed by atoms with Gasteiger partial charge in [0.2, 0.25) is 0 Å². The molecule has 0 radical (unpaired) electrons. The molecule has 0 aromatic carbocycles. The Balaban J connectivity index is 3.54. The molecule has 0 bridgehead atoms. The molecule has 0 heterocycles. The molecule has 0 amide bonds. The minimum absolute atomic E-state index is 0.118. The van der Waals surface area contributed by atoms with Gasteiger partial charge in [0.05, 0.1) is 0 Å². The smallest absolute Gasteiger partial charge is 0.105 e. The van der Waals surface area contributed by atoms with Crippen LogP contribution in [0.5, 0.6) is 0 Å². The third-order valence-corrected chi connectivity index (χ3v) is 0.959. The molecule has 0 saturated carbocycles. The number of aliphatic hydroxyl groups excluding tert-OH is 1. The first-order chi connectivity index (χ1) is 5.41. The summed E-state index contributed by atoms with van der Waals surface area (Å²) in [4.78, 5) is 0. The topological polar surface area (TPSA) is 20.2 Å². The molecule has 0 aliphatic heterocycles. The van der Waals surface area contributed by atoms with Gasteiger partial charge in [-0.2, -0.15) is 0 Å². The van der Waals surface area contributed by atoms with Crippen molar-refractivity contribution in [3.8, 4) is 23.7 Å². The lowest BCUT2D eigenvalue weighted by Gasteiger charge is -1.76. The summed E-state index contributed by atoms with van der Waals surface area (Å²) in [6.45, 7) is 2.00. The molecule has 0 aliphatic rings. The van der Waals surface area contributed by atoms with E-state index in [1.807, 2.05) is 6.08 Å². The van der Waals surface area contributed by atoms with Crippen molar-refractivity contribution in [3.05, 3.63) is 12.2 Å². The SMILES string of the molecule is CCC/C=C/C#CC#CCO. The van der Waals surface area contributed by atoms with Crippen LogP contribution < -0.4 is 0 Å². The summed E-state index contributed by atoms with van der Waals surface area (Å²) < 4.78 is 0. The molecule has 11 heavy (non-hydrogen) atoms. The molecule has 1 N–H and O–H groups in total. The lowest BCUT2D eigenvalue weighted by molar-refractivity contribution is 0.350. The standard InChI is InChI=1S/C10H12O/c1-2-3-4-5-6-7-8-9-10-11/h4-5,11H,2-3,10H2,1H3/b5-4+. The number of unbranched alkanes of at least 4 members (excludes halogenated alkanes) is 1. The maximum absolute atomic E-state index is 8.25. The number of rotatable bonds is 2. The fourth-order valence-corrected chi connectivity index (χ4v) is 0.470. The average molecular weight is 148 g/mol. The molecule has 0 atom stereocenters. The van der Waals surface area contributed by atoms with Gasteiger partial charge < -0.3 is 5.11 Å². The zero-order chi connectivity index (χ0) is 8.36. The van der Waals surface area contributed by atoms with Crippen LogP contribution in [0.3, 0.4) is 0 Å². The Labute approximate surface area is 68.1 Å². The fourth-order valence-electron chi connectivity index (χ4n) is 0.470. The Bertz CT molecular complexity index is 217. The highest BCUT2D eigenvalue weighted by Crippen LogP contribution is 1.86.